The second-order valence-electron chi connectivity index (χ2n) is 10.2. The Labute approximate surface area is 225 Å². The minimum absolute atomic E-state index is 0.127. The van der Waals surface area contributed by atoms with Crippen molar-refractivity contribution in [3.05, 3.63) is 76.1 Å². The lowest BCUT2D eigenvalue weighted by molar-refractivity contribution is -0.116. The van der Waals surface area contributed by atoms with E-state index < -0.39 is 18.1 Å². The summed E-state index contributed by atoms with van der Waals surface area (Å²) in [5, 5.41) is 20.5. The van der Waals surface area contributed by atoms with E-state index in [0.717, 1.165) is 55.1 Å². The van der Waals surface area contributed by atoms with Crippen LogP contribution in [0.4, 0.5) is 4.39 Å². The Morgan fingerprint density at radius 2 is 2.00 bits per heavy atom. The molecule has 2 aliphatic heterocycles. The number of fused-ring (bicyclic) bond motifs is 3. The molecular formula is C29H29ClFN3O4. The molecule has 1 amide bonds. The second-order valence-corrected chi connectivity index (χ2v) is 10.6. The van der Waals surface area contributed by atoms with Crippen molar-refractivity contribution in [3.8, 4) is 5.75 Å². The maximum atomic E-state index is 13.7. The summed E-state index contributed by atoms with van der Waals surface area (Å²) in [5.74, 6) is -0.176. The molecule has 0 unspecified atom stereocenters. The van der Waals surface area contributed by atoms with Crippen LogP contribution in [0, 0.1) is 5.82 Å². The zero-order valence-corrected chi connectivity index (χ0v) is 21.6. The number of benzene rings is 3. The lowest BCUT2D eigenvalue weighted by Gasteiger charge is -2.29. The molecule has 3 aromatic carbocycles. The molecule has 2 N–H and O–H groups in total. The van der Waals surface area contributed by atoms with Crippen LogP contribution < -0.4 is 10.1 Å². The molecule has 2 fully saturated rings. The third kappa shape index (κ3) is 5.21. The number of rotatable bonds is 8. The number of ether oxygens (including phenoxy) is 1. The van der Waals surface area contributed by atoms with E-state index in [1.165, 1.54) is 12.1 Å². The molecule has 2 atom stereocenters. The average molecular weight is 538 g/mol. The smallest absolute Gasteiger partial charge is 0.274 e. The van der Waals surface area contributed by atoms with Gasteiger partial charge in [0.15, 0.2) is 5.71 Å². The van der Waals surface area contributed by atoms with Gasteiger partial charge in [-0.3, -0.25) is 4.79 Å². The molecule has 0 spiro atoms. The summed E-state index contributed by atoms with van der Waals surface area (Å²) >= 11 is 6.47. The van der Waals surface area contributed by atoms with Gasteiger partial charge in [-0.05, 0) is 79.4 Å². The van der Waals surface area contributed by atoms with Gasteiger partial charge in [0.05, 0.1) is 17.2 Å². The van der Waals surface area contributed by atoms with E-state index in [9.17, 15) is 14.3 Å². The average Bonchev–Trinajstić information content (AvgIpc) is 3.59. The van der Waals surface area contributed by atoms with Gasteiger partial charge in [-0.2, -0.15) is 0 Å². The number of oxime groups is 1. The normalized spacial score (nSPS) is 18.9. The maximum absolute atomic E-state index is 13.7. The highest BCUT2D eigenvalue weighted by Crippen LogP contribution is 2.34. The topological polar surface area (TPSA) is 83.4 Å². The minimum Gasteiger partial charge on any atom is -0.489 e. The largest absolute Gasteiger partial charge is 0.489 e. The number of likely N-dealkylation sites (tertiary alicyclic amines) is 1. The van der Waals surface area contributed by atoms with Gasteiger partial charge in [-0.25, -0.2) is 4.39 Å². The highest BCUT2D eigenvalue weighted by Gasteiger charge is 2.31. The third-order valence-corrected chi connectivity index (χ3v) is 7.69. The molecule has 1 saturated carbocycles. The molecule has 7 nitrogen and oxygen atoms in total. The number of amides is 1. The van der Waals surface area contributed by atoms with Crippen molar-refractivity contribution in [2.24, 2.45) is 5.16 Å². The Balaban J connectivity index is 1.26. The van der Waals surface area contributed by atoms with Gasteiger partial charge in [0.1, 0.15) is 24.3 Å². The fourth-order valence-electron chi connectivity index (χ4n) is 5.22. The van der Waals surface area contributed by atoms with E-state index in [2.05, 4.69) is 15.4 Å². The van der Waals surface area contributed by atoms with Crippen molar-refractivity contribution >= 4 is 34.0 Å². The summed E-state index contributed by atoms with van der Waals surface area (Å²) < 4.78 is 19.6. The van der Waals surface area contributed by atoms with Gasteiger partial charge in [0, 0.05) is 17.7 Å². The van der Waals surface area contributed by atoms with Gasteiger partial charge < -0.3 is 24.9 Å². The lowest BCUT2D eigenvalue weighted by atomic mass is 9.95. The van der Waals surface area contributed by atoms with Crippen molar-refractivity contribution < 1.29 is 23.9 Å². The van der Waals surface area contributed by atoms with Crippen molar-refractivity contribution in [1.29, 1.82) is 0 Å². The van der Waals surface area contributed by atoms with Gasteiger partial charge in [-0.15, -0.1) is 0 Å². The highest BCUT2D eigenvalue weighted by atomic mass is 35.5. The maximum Gasteiger partial charge on any atom is 0.274 e. The van der Waals surface area contributed by atoms with Gasteiger partial charge in [0.25, 0.3) is 5.91 Å². The number of aliphatic hydroxyl groups is 1. The summed E-state index contributed by atoms with van der Waals surface area (Å²) in [7, 11) is 0. The van der Waals surface area contributed by atoms with Crippen molar-refractivity contribution in [2.45, 2.75) is 50.5 Å². The Morgan fingerprint density at radius 3 is 2.76 bits per heavy atom. The Hall–Kier alpha value is -3.20. The Morgan fingerprint density at radius 1 is 1.18 bits per heavy atom. The highest BCUT2D eigenvalue weighted by molar-refractivity contribution is 6.46. The predicted molar refractivity (Wildman–Crippen MR) is 143 cm³/mol. The lowest BCUT2D eigenvalue weighted by Crippen LogP contribution is -2.49. The van der Waals surface area contributed by atoms with Crippen LogP contribution in [0.2, 0.25) is 5.02 Å². The van der Waals surface area contributed by atoms with E-state index in [0.29, 0.717) is 28.4 Å². The quantitative estimate of drug-likeness (QED) is 0.434. The van der Waals surface area contributed by atoms with Crippen LogP contribution in [-0.2, 0) is 16.2 Å². The number of halogens is 2. The number of carbonyl (C=O) groups excluding carboxylic acids is 1. The van der Waals surface area contributed by atoms with Crippen LogP contribution in [0.25, 0.3) is 10.8 Å². The van der Waals surface area contributed by atoms with Crippen molar-refractivity contribution in [3.63, 3.8) is 0 Å². The van der Waals surface area contributed by atoms with Crippen molar-refractivity contribution in [2.75, 3.05) is 19.6 Å². The van der Waals surface area contributed by atoms with Crippen LogP contribution in [0.15, 0.2) is 53.7 Å². The van der Waals surface area contributed by atoms with Crippen LogP contribution in [0.3, 0.4) is 0 Å². The first kappa shape index (κ1) is 25.1. The first-order valence-corrected chi connectivity index (χ1v) is 13.4. The van der Waals surface area contributed by atoms with Crippen LogP contribution >= 0.6 is 11.6 Å². The number of nitrogens with one attached hydrogen (secondary N) is 1. The zero-order valence-electron chi connectivity index (χ0n) is 20.8. The summed E-state index contributed by atoms with van der Waals surface area (Å²) in [6.45, 7) is 2.47. The summed E-state index contributed by atoms with van der Waals surface area (Å²) in [5.41, 5.74) is 2.13. The third-order valence-electron chi connectivity index (χ3n) is 7.39. The molecular weight excluding hydrogens is 509 g/mol. The molecule has 6 rings (SSSR count). The molecule has 2 heterocycles. The van der Waals surface area contributed by atoms with E-state index in [-0.39, 0.29) is 24.2 Å². The van der Waals surface area contributed by atoms with E-state index in [1.807, 2.05) is 0 Å². The van der Waals surface area contributed by atoms with Gasteiger partial charge >= 0.3 is 0 Å². The number of hydrogen-bond acceptors (Lipinski definition) is 6. The summed E-state index contributed by atoms with van der Waals surface area (Å²) in [6, 6.07) is 12.7. The first-order chi connectivity index (χ1) is 18.5. The molecule has 1 aliphatic carbocycles. The van der Waals surface area contributed by atoms with E-state index in [4.69, 9.17) is 21.2 Å². The number of carbonyl (C=O) groups is 1. The number of aliphatic hydroxyl groups excluding tert-OH is 1. The molecule has 1 saturated heterocycles. The Kier molecular flexibility index (Phi) is 6.95. The Bertz CT molecular complexity index is 1400. The molecule has 9 heteroatoms. The monoisotopic (exact) mass is 537 g/mol. The van der Waals surface area contributed by atoms with Crippen LogP contribution in [-0.4, -0.2) is 53.4 Å². The predicted octanol–water partition coefficient (Wildman–Crippen LogP) is 4.72. The van der Waals surface area contributed by atoms with Crippen LogP contribution in [0.1, 0.15) is 48.5 Å². The molecule has 198 valence electrons. The number of hydrogen-bond donors (Lipinski definition) is 2. The zero-order chi connectivity index (χ0) is 26.2. The van der Waals surface area contributed by atoms with E-state index in [1.54, 1.807) is 36.4 Å². The summed E-state index contributed by atoms with van der Waals surface area (Å²) in [6.07, 6.45) is 3.41. The van der Waals surface area contributed by atoms with Crippen molar-refractivity contribution in [1.82, 2.24) is 10.2 Å². The molecule has 3 aromatic rings. The second kappa shape index (κ2) is 10.5. The SMILES string of the molecule is O=C(N[C@H](CN1CCCC1)[C@H](O)c1ccc(OC2CC2)c(Cl)c1)C1=NOCc2c1ccc1cc(F)ccc21. The molecule has 3 aliphatic rings. The molecule has 0 aromatic heterocycles. The summed E-state index contributed by atoms with van der Waals surface area (Å²) in [4.78, 5) is 21.2. The molecule has 0 bridgehead atoms. The number of nitrogens with zero attached hydrogens (tertiary/aromatic N) is 2. The fraction of sp³-hybridized carbons (Fsp3) is 0.379. The van der Waals surface area contributed by atoms with Crippen LogP contribution in [0.5, 0.6) is 5.75 Å². The molecule has 0 radical (unpaired) electrons. The van der Waals surface area contributed by atoms with Gasteiger partial charge in [-0.1, -0.05) is 41.0 Å². The first-order valence-electron chi connectivity index (χ1n) is 13.0. The van der Waals surface area contributed by atoms with E-state index >= 15 is 0 Å². The van der Waals surface area contributed by atoms with Gasteiger partial charge in [0.2, 0.25) is 0 Å². The minimum atomic E-state index is -1.00. The standard InChI is InChI=1S/C29H29ClFN3O4/c30-24-14-18(4-10-26(24)38-20-6-7-20)28(35)25(15-34-11-1-2-12-34)32-29(36)27-22-8-3-17-13-19(31)5-9-21(17)23(22)16-37-33-27/h3-5,8-10,13-14,20,25,28,35H,1-2,6-7,11-12,15-16H2,(H,32,36)/t25-,28-/m1/s1. The fourth-order valence-corrected chi connectivity index (χ4v) is 5.45. The molecule has 38 heavy (non-hydrogen) atoms.